The third-order valence-electron chi connectivity index (χ3n) is 6.27. The fraction of sp³-hybridized carbons (Fsp3) is 0.963. The molecule has 0 spiro atoms. The molecule has 0 N–H and O–H groups in total. The predicted molar refractivity (Wildman–Crippen MR) is 128 cm³/mol. The van der Waals surface area contributed by atoms with Crippen LogP contribution in [0.3, 0.4) is 0 Å². The molecule has 29 heavy (non-hydrogen) atoms. The summed E-state index contributed by atoms with van der Waals surface area (Å²) in [6.45, 7) is 9.32. The van der Waals surface area contributed by atoms with Gasteiger partial charge in [0, 0.05) is 0 Å². The van der Waals surface area contributed by atoms with Crippen molar-refractivity contribution < 1.29 is 9.53 Å². The van der Waals surface area contributed by atoms with Crippen molar-refractivity contribution in [1.29, 1.82) is 0 Å². The number of esters is 1. The smallest absolute Gasteiger partial charge is 0.308 e. The van der Waals surface area contributed by atoms with Crippen molar-refractivity contribution in [2.24, 2.45) is 11.8 Å². The average Bonchev–Trinajstić information content (AvgIpc) is 2.72. The van der Waals surface area contributed by atoms with Gasteiger partial charge in [-0.1, -0.05) is 130 Å². The Labute approximate surface area is 184 Å². The van der Waals surface area contributed by atoms with E-state index in [-0.39, 0.29) is 11.9 Å². The summed E-state index contributed by atoms with van der Waals surface area (Å²) >= 11 is 0. The van der Waals surface area contributed by atoms with Crippen LogP contribution in [0.1, 0.15) is 150 Å². The minimum Gasteiger partial charge on any atom is -0.465 e. The molecule has 0 fully saturated rings. The van der Waals surface area contributed by atoms with Gasteiger partial charge in [-0.25, -0.2) is 0 Å². The first kappa shape index (κ1) is 28.5. The summed E-state index contributed by atoms with van der Waals surface area (Å²) in [5.74, 6) is 0.646. The van der Waals surface area contributed by atoms with E-state index < -0.39 is 0 Å². The molecule has 2 nitrogen and oxygen atoms in total. The highest BCUT2D eigenvalue weighted by molar-refractivity contribution is 5.71. The second-order valence-corrected chi connectivity index (χ2v) is 9.36. The standard InChI is InChI=1S/C27H54O2/c1-5-8-10-11-12-13-14-15-16-17-18-20-23-26(22-19-9-6-2)24-29-27(28)25(4)21-7-3/h25-26H,5-24H2,1-4H3. The number of hydrogen-bond donors (Lipinski definition) is 0. The van der Waals surface area contributed by atoms with E-state index in [1.165, 1.54) is 109 Å². The van der Waals surface area contributed by atoms with Gasteiger partial charge in [0.1, 0.15) is 0 Å². The molecule has 0 aromatic rings. The van der Waals surface area contributed by atoms with E-state index >= 15 is 0 Å². The van der Waals surface area contributed by atoms with Crippen LogP contribution in [0.5, 0.6) is 0 Å². The average molecular weight is 411 g/mol. The largest absolute Gasteiger partial charge is 0.465 e. The quantitative estimate of drug-likeness (QED) is 0.131. The normalized spacial score (nSPS) is 13.4. The zero-order valence-electron chi connectivity index (χ0n) is 20.6. The van der Waals surface area contributed by atoms with Crippen molar-refractivity contribution in [3.8, 4) is 0 Å². The zero-order chi connectivity index (χ0) is 21.6. The monoisotopic (exact) mass is 410 g/mol. The minimum atomic E-state index is 0.0158. The van der Waals surface area contributed by atoms with Crippen LogP contribution in [0.2, 0.25) is 0 Å². The van der Waals surface area contributed by atoms with Crippen molar-refractivity contribution in [3.63, 3.8) is 0 Å². The van der Waals surface area contributed by atoms with Gasteiger partial charge in [0.15, 0.2) is 0 Å². The summed E-state index contributed by atoms with van der Waals surface area (Å²) in [7, 11) is 0. The van der Waals surface area contributed by atoms with E-state index in [0.717, 1.165) is 12.8 Å². The lowest BCUT2D eigenvalue weighted by Gasteiger charge is -2.18. The van der Waals surface area contributed by atoms with Crippen LogP contribution in [-0.4, -0.2) is 12.6 Å². The van der Waals surface area contributed by atoms with Gasteiger partial charge in [-0.15, -0.1) is 0 Å². The first-order valence-corrected chi connectivity index (χ1v) is 13.3. The molecule has 0 amide bonds. The fourth-order valence-corrected chi connectivity index (χ4v) is 4.16. The topological polar surface area (TPSA) is 26.3 Å². The molecule has 0 heterocycles. The van der Waals surface area contributed by atoms with Gasteiger partial charge in [-0.3, -0.25) is 4.79 Å². The Morgan fingerprint density at radius 1 is 0.586 bits per heavy atom. The minimum absolute atomic E-state index is 0.0158. The Hall–Kier alpha value is -0.530. The number of unbranched alkanes of at least 4 members (excludes halogenated alkanes) is 13. The van der Waals surface area contributed by atoms with Crippen LogP contribution < -0.4 is 0 Å². The molecule has 0 aliphatic heterocycles. The molecule has 0 aliphatic carbocycles. The maximum atomic E-state index is 12.1. The number of carbonyl (C=O) groups excluding carboxylic acids is 1. The van der Waals surface area contributed by atoms with Gasteiger partial charge in [0.2, 0.25) is 0 Å². The summed E-state index contributed by atoms with van der Waals surface area (Å²) in [5.41, 5.74) is 0. The van der Waals surface area contributed by atoms with E-state index in [0.29, 0.717) is 12.5 Å². The zero-order valence-corrected chi connectivity index (χ0v) is 20.6. The maximum absolute atomic E-state index is 12.1. The van der Waals surface area contributed by atoms with Crippen LogP contribution in [0.4, 0.5) is 0 Å². The third-order valence-corrected chi connectivity index (χ3v) is 6.27. The molecular weight excluding hydrogens is 356 g/mol. The summed E-state index contributed by atoms with van der Waals surface area (Å²) < 4.78 is 5.67. The van der Waals surface area contributed by atoms with Gasteiger partial charge in [-0.2, -0.15) is 0 Å². The van der Waals surface area contributed by atoms with Gasteiger partial charge < -0.3 is 4.74 Å². The van der Waals surface area contributed by atoms with Crippen LogP contribution in [-0.2, 0) is 9.53 Å². The Bertz CT molecular complexity index is 339. The fourth-order valence-electron chi connectivity index (χ4n) is 4.16. The lowest BCUT2D eigenvalue weighted by molar-refractivity contribution is -0.149. The first-order valence-electron chi connectivity index (χ1n) is 13.3. The molecule has 0 saturated heterocycles. The number of ether oxygens (including phenoxy) is 1. The van der Waals surface area contributed by atoms with Gasteiger partial charge in [-0.05, 0) is 25.2 Å². The molecule has 0 aromatic carbocycles. The van der Waals surface area contributed by atoms with Crippen molar-refractivity contribution >= 4 is 5.97 Å². The molecule has 2 atom stereocenters. The number of hydrogen-bond acceptors (Lipinski definition) is 2. The van der Waals surface area contributed by atoms with E-state index in [1.807, 2.05) is 6.92 Å². The van der Waals surface area contributed by atoms with E-state index in [1.54, 1.807) is 0 Å². The lowest BCUT2D eigenvalue weighted by Crippen LogP contribution is -2.19. The summed E-state index contributed by atoms with van der Waals surface area (Å²) in [6, 6.07) is 0. The molecule has 0 radical (unpaired) electrons. The predicted octanol–water partition coefficient (Wildman–Crippen LogP) is 9.25. The van der Waals surface area contributed by atoms with Crippen LogP contribution in [0.25, 0.3) is 0 Å². The highest BCUT2D eigenvalue weighted by atomic mass is 16.5. The van der Waals surface area contributed by atoms with Crippen LogP contribution in [0.15, 0.2) is 0 Å². The Morgan fingerprint density at radius 2 is 1.00 bits per heavy atom. The molecule has 0 aliphatic rings. The molecular formula is C27H54O2. The van der Waals surface area contributed by atoms with Crippen LogP contribution >= 0.6 is 0 Å². The molecule has 0 saturated carbocycles. The van der Waals surface area contributed by atoms with E-state index in [4.69, 9.17) is 4.74 Å². The third kappa shape index (κ3) is 19.2. The molecule has 0 bridgehead atoms. The summed E-state index contributed by atoms with van der Waals surface area (Å²) in [5, 5.41) is 0. The second-order valence-electron chi connectivity index (χ2n) is 9.36. The van der Waals surface area contributed by atoms with Crippen molar-refractivity contribution in [2.45, 2.75) is 150 Å². The summed E-state index contributed by atoms with van der Waals surface area (Å²) in [4.78, 5) is 12.1. The van der Waals surface area contributed by atoms with Gasteiger partial charge in [0.25, 0.3) is 0 Å². The molecule has 0 rings (SSSR count). The maximum Gasteiger partial charge on any atom is 0.308 e. The Balaban J connectivity index is 3.79. The Morgan fingerprint density at radius 3 is 1.48 bits per heavy atom. The SMILES string of the molecule is CCCCCCCCCCCCCCC(CCCCC)COC(=O)C(C)CCC. The second kappa shape index (κ2) is 22.2. The van der Waals surface area contributed by atoms with Gasteiger partial charge in [0.05, 0.1) is 12.5 Å². The first-order chi connectivity index (χ1) is 14.2. The number of carbonyl (C=O) groups is 1. The molecule has 0 aromatic heterocycles. The lowest BCUT2D eigenvalue weighted by atomic mass is 9.95. The highest BCUT2D eigenvalue weighted by Gasteiger charge is 2.16. The highest BCUT2D eigenvalue weighted by Crippen LogP contribution is 2.20. The number of rotatable bonds is 22. The van der Waals surface area contributed by atoms with E-state index in [9.17, 15) is 4.79 Å². The van der Waals surface area contributed by atoms with E-state index in [2.05, 4.69) is 20.8 Å². The van der Waals surface area contributed by atoms with Gasteiger partial charge >= 0.3 is 5.97 Å². The van der Waals surface area contributed by atoms with Crippen molar-refractivity contribution in [3.05, 3.63) is 0 Å². The Kier molecular flexibility index (Phi) is 21.8. The molecule has 2 heteroatoms. The summed E-state index contributed by atoms with van der Waals surface area (Å²) in [6.07, 6.45) is 25.1. The van der Waals surface area contributed by atoms with Crippen molar-refractivity contribution in [2.75, 3.05) is 6.61 Å². The molecule has 174 valence electrons. The van der Waals surface area contributed by atoms with Crippen molar-refractivity contribution in [1.82, 2.24) is 0 Å². The molecule has 2 unspecified atom stereocenters. The van der Waals surface area contributed by atoms with Crippen LogP contribution in [0, 0.1) is 11.8 Å².